The normalized spacial score (nSPS) is 11.4. The lowest BCUT2D eigenvalue weighted by atomic mass is 10.1. The lowest BCUT2D eigenvalue weighted by Crippen LogP contribution is -2.08. The van der Waals surface area contributed by atoms with Crippen LogP contribution in [0.15, 0.2) is 40.9 Å². The molecule has 0 spiro atoms. The van der Waals surface area contributed by atoms with Crippen LogP contribution in [0.2, 0.25) is 0 Å². The predicted molar refractivity (Wildman–Crippen MR) is 65.3 cm³/mol. The van der Waals surface area contributed by atoms with E-state index >= 15 is 0 Å². The van der Waals surface area contributed by atoms with Gasteiger partial charge in [-0.3, -0.25) is 0 Å². The van der Waals surface area contributed by atoms with Crippen LogP contribution in [0.25, 0.3) is 0 Å². The molecule has 0 aromatic heterocycles. The third-order valence-corrected chi connectivity index (χ3v) is 2.39. The van der Waals surface area contributed by atoms with E-state index in [0.29, 0.717) is 6.42 Å². The van der Waals surface area contributed by atoms with Crippen molar-refractivity contribution in [2.75, 3.05) is 6.61 Å². The molecule has 0 fully saturated rings. The number of ether oxygens (including phenoxy) is 1. The lowest BCUT2D eigenvalue weighted by Gasteiger charge is -2.03. The molecule has 0 aliphatic rings. The molecule has 0 N–H and O–H groups in total. The monoisotopic (exact) mass is 249 g/mol. The molecule has 0 atom stereocenters. The fourth-order valence-corrected chi connectivity index (χ4v) is 1.56. The number of carbonyl (C=O) groups is 1. The maximum absolute atomic E-state index is 11.4. The summed E-state index contributed by atoms with van der Waals surface area (Å²) in [6.07, 6.45) is 0.351. The molecule has 1 aromatic rings. The van der Waals surface area contributed by atoms with Crippen molar-refractivity contribution in [1.29, 1.82) is 5.26 Å². The van der Waals surface area contributed by atoms with Crippen LogP contribution in [0, 0.1) is 11.3 Å². The average Bonchev–Trinajstić information content (AvgIpc) is 2.31. The Hall–Kier alpha value is -1.79. The van der Waals surface area contributed by atoms with Gasteiger partial charge in [-0.25, -0.2) is 4.79 Å². The van der Waals surface area contributed by atoms with Crippen molar-refractivity contribution < 1.29 is 9.53 Å². The van der Waals surface area contributed by atoms with Gasteiger partial charge >= 0.3 is 5.97 Å². The van der Waals surface area contributed by atoms with Gasteiger partial charge in [-0.05, 0) is 12.5 Å². The zero-order chi connectivity index (χ0) is 12.7. The molecule has 0 heterocycles. The van der Waals surface area contributed by atoms with Gasteiger partial charge in [0.15, 0.2) is 5.57 Å². The van der Waals surface area contributed by atoms with Gasteiger partial charge in [0.05, 0.1) is 6.61 Å². The zero-order valence-corrected chi connectivity index (χ0v) is 10.2. The topological polar surface area (TPSA) is 50.1 Å². The van der Waals surface area contributed by atoms with Crippen LogP contribution < -0.4 is 0 Å². The fourth-order valence-electron chi connectivity index (χ4n) is 1.28. The summed E-state index contributed by atoms with van der Waals surface area (Å²) >= 11 is 5.97. The Morgan fingerprint density at radius 1 is 1.41 bits per heavy atom. The Bertz CT molecular complexity index is 460. The van der Waals surface area contributed by atoms with Crippen molar-refractivity contribution in [1.82, 2.24) is 0 Å². The average molecular weight is 250 g/mol. The lowest BCUT2D eigenvalue weighted by molar-refractivity contribution is -0.138. The summed E-state index contributed by atoms with van der Waals surface area (Å²) in [5.74, 6) is -0.670. The number of hydrogen-bond acceptors (Lipinski definition) is 3. The van der Waals surface area contributed by atoms with Gasteiger partial charge in [0.25, 0.3) is 0 Å². The van der Waals surface area contributed by atoms with Crippen molar-refractivity contribution >= 4 is 17.6 Å². The van der Waals surface area contributed by atoms with Crippen molar-refractivity contribution in [2.24, 2.45) is 0 Å². The summed E-state index contributed by atoms with van der Waals surface area (Å²) in [5, 5.41) is 9.08. The number of nitriles is 1. The number of benzene rings is 1. The molecule has 0 saturated carbocycles. The maximum atomic E-state index is 11.4. The maximum Gasteiger partial charge on any atom is 0.350 e. The SMILES string of the molecule is CCOC(=O)/C(C#N)=C(/Cl)Cc1ccccc1. The Kier molecular flexibility index (Phi) is 5.25. The van der Waals surface area contributed by atoms with Crippen molar-refractivity contribution in [3.8, 4) is 6.07 Å². The number of esters is 1. The molecule has 1 rings (SSSR count). The van der Waals surface area contributed by atoms with Crippen molar-refractivity contribution in [2.45, 2.75) is 13.3 Å². The van der Waals surface area contributed by atoms with Gasteiger partial charge in [0.1, 0.15) is 6.07 Å². The summed E-state index contributed by atoms with van der Waals surface area (Å²) in [6.45, 7) is 1.90. The van der Waals surface area contributed by atoms with E-state index in [0.717, 1.165) is 5.56 Å². The Morgan fingerprint density at radius 3 is 2.59 bits per heavy atom. The Morgan fingerprint density at radius 2 is 2.06 bits per heavy atom. The third-order valence-electron chi connectivity index (χ3n) is 2.06. The highest BCUT2D eigenvalue weighted by Gasteiger charge is 2.15. The second kappa shape index (κ2) is 6.72. The van der Waals surface area contributed by atoms with Crippen molar-refractivity contribution in [3.63, 3.8) is 0 Å². The van der Waals surface area contributed by atoms with E-state index in [-0.39, 0.29) is 17.2 Å². The van der Waals surface area contributed by atoms with E-state index < -0.39 is 5.97 Å². The molecule has 17 heavy (non-hydrogen) atoms. The fraction of sp³-hybridized carbons (Fsp3) is 0.231. The first-order valence-corrected chi connectivity index (χ1v) is 5.56. The first kappa shape index (κ1) is 13.3. The molecule has 0 aliphatic carbocycles. The van der Waals surface area contributed by atoms with Crippen LogP contribution in [0.1, 0.15) is 12.5 Å². The van der Waals surface area contributed by atoms with Crippen LogP contribution in [-0.4, -0.2) is 12.6 Å². The minimum Gasteiger partial charge on any atom is -0.462 e. The number of nitrogens with zero attached hydrogens (tertiary/aromatic N) is 1. The quantitative estimate of drug-likeness (QED) is 0.468. The third kappa shape index (κ3) is 3.93. The number of rotatable bonds is 4. The molecule has 0 radical (unpaired) electrons. The zero-order valence-electron chi connectivity index (χ0n) is 9.44. The standard InChI is InChI=1S/C13H12ClNO2/c1-2-17-13(16)11(9-15)12(14)8-10-6-4-3-5-7-10/h3-7H,2,8H2,1H3/b12-11+. The van der Waals surface area contributed by atoms with Gasteiger partial charge < -0.3 is 4.74 Å². The van der Waals surface area contributed by atoms with Crippen molar-refractivity contribution in [3.05, 3.63) is 46.5 Å². The summed E-state index contributed by atoms with van der Waals surface area (Å²) in [6, 6.07) is 11.2. The first-order valence-electron chi connectivity index (χ1n) is 5.18. The largest absolute Gasteiger partial charge is 0.462 e. The van der Waals surface area contributed by atoms with Crippen LogP contribution in [0.3, 0.4) is 0 Å². The highest BCUT2D eigenvalue weighted by molar-refractivity contribution is 6.32. The second-order valence-corrected chi connectivity index (χ2v) is 3.73. The smallest absolute Gasteiger partial charge is 0.350 e. The van der Waals surface area contributed by atoms with E-state index in [1.54, 1.807) is 13.0 Å². The van der Waals surface area contributed by atoms with Crippen LogP contribution >= 0.6 is 11.6 Å². The highest BCUT2D eigenvalue weighted by atomic mass is 35.5. The Labute approximate surface area is 105 Å². The van der Waals surface area contributed by atoms with E-state index in [2.05, 4.69) is 0 Å². The van der Waals surface area contributed by atoms with Crippen LogP contribution in [0.4, 0.5) is 0 Å². The molecule has 0 unspecified atom stereocenters. The summed E-state index contributed by atoms with van der Waals surface area (Å²) < 4.78 is 4.75. The van der Waals surface area contributed by atoms with E-state index in [9.17, 15) is 4.79 Å². The minimum absolute atomic E-state index is 0.127. The minimum atomic E-state index is -0.670. The first-order chi connectivity index (χ1) is 8.19. The molecule has 88 valence electrons. The summed E-state index contributed by atoms with van der Waals surface area (Å²) in [4.78, 5) is 11.4. The molecule has 1 aromatic carbocycles. The van der Waals surface area contributed by atoms with Gasteiger partial charge in [-0.15, -0.1) is 0 Å². The van der Waals surface area contributed by atoms with Gasteiger partial charge in [0, 0.05) is 11.5 Å². The molecular weight excluding hydrogens is 238 g/mol. The van der Waals surface area contributed by atoms with Crippen LogP contribution in [-0.2, 0) is 16.0 Å². The van der Waals surface area contributed by atoms with Gasteiger partial charge in [0.2, 0.25) is 0 Å². The molecule has 0 amide bonds. The number of allylic oxidation sites excluding steroid dienone is 1. The molecule has 0 bridgehead atoms. The highest BCUT2D eigenvalue weighted by Crippen LogP contribution is 2.17. The molecule has 3 nitrogen and oxygen atoms in total. The number of hydrogen-bond donors (Lipinski definition) is 0. The number of halogens is 1. The van der Waals surface area contributed by atoms with Gasteiger partial charge in [-0.2, -0.15) is 5.26 Å². The predicted octanol–water partition coefficient (Wildman–Crippen LogP) is 2.81. The van der Waals surface area contributed by atoms with Crippen LogP contribution in [0.5, 0.6) is 0 Å². The molecule has 4 heteroatoms. The molecule has 0 saturated heterocycles. The Balaban J connectivity index is 2.88. The molecule has 0 aliphatic heterocycles. The van der Waals surface area contributed by atoms with E-state index in [4.69, 9.17) is 21.6 Å². The van der Waals surface area contributed by atoms with E-state index in [1.807, 2.05) is 30.3 Å². The molecular formula is C13H12ClNO2. The summed E-state index contributed by atoms with van der Waals surface area (Å²) in [7, 11) is 0. The van der Waals surface area contributed by atoms with Gasteiger partial charge in [-0.1, -0.05) is 41.9 Å². The number of carbonyl (C=O) groups excluding carboxylic acids is 1. The second-order valence-electron chi connectivity index (χ2n) is 3.27. The summed E-state index contributed by atoms with van der Waals surface area (Å²) in [5.41, 5.74) is 0.812. The van der Waals surface area contributed by atoms with E-state index in [1.165, 1.54) is 0 Å².